The van der Waals surface area contributed by atoms with E-state index in [1.54, 1.807) is 24.8 Å². The van der Waals surface area contributed by atoms with E-state index >= 15 is 0 Å². The number of fused-ring (bicyclic) bond motifs is 1. The van der Waals surface area contributed by atoms with Crippen LogP contribution in [0.4, 0.5) is 11.5 Å². The van der Waals surface area contributed by atoms with Gasteiger partial charge in [0.2, 0.25) is 5.91 Å². The Morgan fingerprint density at radius 1 is 0.962 bits per heavy atom. The zero-order chi connectivity index (χ0) is 17.8. The van der Waals surface area contributed by atoms with Gasteiger partial charge in [-0.2, -0.15) is 0 Å². The van der Waals surface area contributed by atoms with Crippen molar-refractivity contribution in [3.8, 4) is 0 Å². The maximum atomic E-state index is 12.7. The van der Waals surface area contributed by atoms with Crippen LogP contribution in [0.15, 0.2) is 55.2 Å². The van der Waals surface area contributed by atoms with E-state index < -0.39 is 0 Å². The fourth-order valence-corrected chi connectivity index (χ4v) is 3.53. The van der Waals surface area contributed by atoms with Crippen LogP contribution in [0.3, 0.4) is 0 Å². The molecule has 0 saturated heterocycles. The predicted octanol–water partition coefficient (Wildman–Crippen LogP) is 3.63. The summed E-state index contributed by atoms with van der Waals surface area (Å²) in [4.78, 5) is 25.2. The summed E-state index contributed by atoms with van der Waals surface area (Å²) in [6, 6.07) is 8.30. The van der Waals surface area contributed by atoms with Crippen molar-refractivity contribution >= 4 is 28.2 Å². The van der Waals surface area contributed by atoms with E-state index in [-0.39, 0.29) is 11.8 Å². The zero-order valence-corrected chi connectivity index (χ0v) is 14.4. The number of aromatic nitrogens is 3. The number of rotatable bonds is 4. The smallest absolute Gasteiger partial charge is 0.227 e. The Balaban J connectivity index is 1.36. The van der Waals surface area contributed by atoms with Gasteiger partial charge in [0.05, 0.1) is 18.1 Å². The van der Waals surface area contributed by atoms with E-state index in [1.165, 1.54) is 0 Å². The minimum Gasteiger partial charge on any atom is -0.366 e. The number of amides is 1. The molecule has 1 aliphatic carbocycles. The van der Waals surface area contributed by atoms with Gasteiger partial charge in [-0.1, -0.05) is 24.3 Å². The highest BCUT2D eigenvalue weighted by atomic mass is 16.1. The van der Waals surface area contributed by atoms with Gasteiger partial charge in [-0.05, 0) is 25.7 Å². The van der Waals surface area contributed by atoms with Crippen LogP contribution in [-0.4, -0.2) is 26.9 Å². The van der Waals surface area contributed by atoms with Crippen LogP contribution in [-0.2, 0) is 4.79 Å². The Morgan fingerprint density at radius 2 is 1.81 bits per heavy atom. The molecule has 6 nitrogen and oxygen atoms in total. The molecule has 0 bridgehead atoms. The van der Waals surface area contributed by atoms with Crippen LogP contribution in [0, 0.1) is 5.92 Å². The Kier molecular flexibility index (Phi) is 4.73. The van der Waals surface area contributed by atoms with Crippen molar-refractivity contribution < 1.29 is 4.79 Å². The van der Waals surface area contributed by atoms with Gasteiger partial charge in [-0.15, -0.1) is 0 Å². The third kappa shape index (κ3) is 3.64. The van der Waals surface area contributed by atoms with E-state index in [0.717, 1.165) is 48.0 Å². The van der Waals surface area contributed by atoms with Gasteiger partial charge in [0.1, 0.15) is 5.82 Å². The van der Waals surface area contributed by atoms with Crippen molar-refractivity contribution in [3.63, 3.8) is 0 Å². The summed E-state index contributed by atoms with van der Waals surface area (Å²) < 4.78 is 0. The summed E-state index contributed by atoms with van der Waals surface area (Å²) in [5, 5.41) is 8.53. The van der Waals surface area contributed by atoms with Crippen molar-refractivity contribution in [2.75, 3.05) is 10.6 Å². The van der Waals surface area contributed by atoms with E-state index in [0.29, 0.717) is 6.04 Å². The minimum absolute atomic E-state index is 0.0360. The molecule has 0 aliphatic heterocycles. The SMILES string of the molecule is O=C(Nc1cncc2ccccc12)C1CCC(Nc2cnccn2)CC1. The monoisotopic (exact) mass is 347 g/mol. The first-order valence-corrected chi connectivity index (χ1v) is 8.96. The van der Waals surface area contributed by atoms with E-state index in [2.05, 4.69) is 25.6 Å². The molecule has 0 spiro atoms. The number of carbonyl (C=O) groups excluding carboxylic acids is 1. The van der Waals surface area contributed by atoms with Gasteiger partial charge in [-0.25, -0.2) is 4.98 Å². The molecule has 2 aromatic heterocycles. The lowest BCUT2D eigenvalue weighted by Gasteiger charge is -2.28. The van der Waals surface area contributed by atoms with E-state index in [4.69, 9.17) is 0 Å². The quantitative estimate of drug-likeness (QED) is 0.753. The summed E-state index contributed by atoms with van der Waals surface area (Å²) in [5.74, 6) is 0.914. The maximum absolute atomic E-state index is 12.7. The lowest BCUT2D eigenvalue weighted by atomic mass is 9.85. The molecule has 1 saturated carbocycles. The highest BCUT2D eigenvalue weighted by Crippen LogP contribution is 2.28. The second-order valence-corrected chi connectivity index (χ2v) is 6.68. The summed E-state index contributed by atoms with van der Waals surface area (Å²) in [6.45, 7) is 0. The normalized spacial score (nSPS) is 19.8. The lowest BCUT2D eigenvalue weighted by Crippen LogP contribution is -2.32. The zero-order valence-electron chi connectivity index (χ0n) is 14.4. The Bertz CT molecular complexity index is 886. The Morgan fingerprint density at radius 3 is 2.62 bits per heavy atom. The van der Waals surface area contributed by atoms with Gasteiger partial charge in [0.15, 0.2) is 0 Å². The third-order valence-electron chi connectivity index (χ3n) is 4.94. The van der Waals surface area contributed by atoms with Crippen LogP contribution in [0.5, 0.6) is 0 Å². The van der Waals surface area contributed by atoms with Crippen molar-refractivity contribution in [2.24, 2.45) is 5.92 Å². The number of benzene rings is 1. The number of hydrogen-bond acceptors (Lipinski definition) is 5. The molecule has 2 heterocycles. The number of carbonyl (C=O) groups is 1. The molecule has 4 rings (SSSR count). The van der Waals surface area contributed by atoms with Gasteiger partial charge < -0.3 is 10.6 Å². The van der Waals surface area contributed by atoms with Crippen LogP contribution in [0.2, 0.25) is 0 Å². The molecule has 2 N–H and O–H groups in total. The predicted molar refractivity (Wildman–Crippen MR) is 102 cm³/mol. The molecule has 3 aromatic rings. The Hall–Kier alpha value is -3.02. The average Bonchev–Trinajstić information content (AvgIpc) is 2.70. The second kappa shape index (κ2) is 7.47. The first kappa shape index (κ1) is 16.4. The molecule has 0 atom stereocenters. The van der Waals surface area contributed by atoms with Crippen LogP contribution < -0.4 is 10.6 Å². The fraction of sp³-hybridized carbons (Fsp3) is 0.300. The standard InChI is InChI=1S/C20H21N5O/c26-20(25-18-12-22-11-15-3-1-2-4-17(15)18)14-5-7-16(8-6-14)24-19-13-21-9-10-23-19/h1-4,9-14,16H,5-8H2,(H,23,24)(H,25,26). The number of nitrogens with zero attached hydrogens (tertiary/aromatic N) is 3. The second-order valence-electron chi connectivity index (χ2n) is 6.68. The average molecular weight is 347 g/mol. The molecule has 26 heavy (non-hydrogen) atoms. The van der Waals surface area contributed by atoms with Gasteiger partial charge in [0, 0.05) is 41.3 Å². The first-order valence-electron chi connectivity index (χ1n) is 8.96. The van der Waals surface area contributed by atoms with E-state index in [9.17, 15) is 4.79 Å². The third-order valence-corrected chi connectivity index (χ3v) is 4.94. The summed E-state index contributed by atoms with van der Waals surface area (Å²) in [6.07, 6.45) is 12.2. The lowest BCUT2D eigenvalue weighted by molar-refractivity contribution is -0.120. The molecule has 6 heteroatoms. The molecule has 1 fully saturated rings. The highest BCUT2D eigenvalue weighted by Gasteiger charge is 2.26. The number of anilines is 2. The van der Waals surface area contributed by atoms with Crippen LogP contribution in [0.25, 0.3) is 10.8 Å². The number of hydrogen-bond donors (Lipinski definition) is 2. The van der Waals surface area contributed by atoms with Gasteiger partial charge in [-0.3, -0.25) is 14.8 Å². The molecule has 132 valence electrons. The first-order chi connectivity index (χ1) is 12.8. The van der Waals surface area contributed by atoms with Crippen molar-refractivity contribution in [1.82, 2.24) is 15.0 Å². The summed E-state index contributed by atoms with van der Waals surface area (Å²) in [7, 11) is 0. The topological polar surface area (TPSA) is 79.8 Å². The molecule has 0 unspecified atom stereocenters. The highest BCUT2D eigenvalue weighted by molar-refractivity contribution is 6.02. The largest absolute Gasteiger partial charge is 0.366 e. The van der Waals surface area contributed by atoms with E-state index in [1.807, 2.05) is 30.5 Å². The molecule has 1 amide bonds. The number of nitrogens with one attached hydrogen (secondary N) is 2. The fourth-order valence-electron chi connectivity index (χ4n) is 3.53. The molecule has 0 radical (unpaired) electrons. The summed E-state index contributed by atoms with van der Waals surface area (Å²) >= 11 is 0. The van der Waals surface area contributed by atoms with Crippen molar-refractivity contribution in [1.29, 1.82) is 0 Å². The minimum atomic E-state index is 0.0360. The van der Waals surface area contributed by atoms with Crippen LogP contribution in [0.1, 0.15) is 25.7 Å². The van der Waals surface area contributed by atoms with Crippen molar-refractivity contribution in [3.05, 3.63) is 55.2 Å². The van der Waals surface area contributed by atoms with Crippen molar-refractivity contribution in [2.45, 2.75) is 31.7 Å². The molecular formula is C20H21N5O. The van der Waals surface area contributed by atoms with Crippen LogP contribution >= 0.6 is 0 Å². The van der Waals surface area contributed by atoms with Gasteiger partial charge >= 0.3 is 0 Å². The van der Waals surface area contributed by atoms with Gasteiger partial charge in [0.25, 0.3) is 0 Å². The Labute approximate surface area is 152 Å². The number of pyridine rings is 1. The summed E-state index contributed by atoms with van der Waals surface area (Å²) in [5.41, 5.74) is 0.785. The molecule has 1 aliphatic rings. The molecular weight excluding hydrogens is 326 g/mol. The molecule has 1 aromatic carbocycles. The maximum Gasteiger partial charge on any atom is 0.227 e.